The Morgan fingerprint density at radius 3 is 1.91 bits per heavy atom. The molecule has 0 aliphatic heterocycles. The van der Waals surface area contributed by atoms with Gasteiger partial charge in [-0.25, -0.2) is 0 Å². The van der Waals surface area contributed by atoms with Crippen LogP contribution in [-0.2, 0) is 6.42 Å². The maximum Gasteiger partial charge on any atom is 0.130 e. The zero-order valence-corrected chi connectivity index (χ0v) is 13.5. The Balaban J connectivity index is 2.11. The smallest absolute Gasteiger partial charge is 0.130 e. The lowest BCUT2D eigenvalue weighted by Gasteiger charge is -2.16. The molecule has 2 nitrogen and oxygen atoms in total. The van der Waals surface area contributed by atoms with Crippen molar-refractivity contribution in [3.63, 3.8) is 0 Å². The van der Waals surface area contributed by atoms with Crippen LogP contribution < -0.4 is 9.47 Å². The Kier molecular flexibility index (Phi) is 4.62. The normalized spacial score (nSPS) is 10.3. The quantitative estimate of drug-likeness (QED) is 0.663. The fraction of sp³-hybridized carbons (Fsp3) is 0.143. The third-order valence-electron chi connectivity index (χ3n) is 3.95. The van der Waals surface area contributed by atoms with Gasteiger partial charge in [0.25, 0.3) is 0 Å². The van der Waals surface area contributed by atoms with Gasteiger partial charge in [0.1, 0.15) is 11.5 Å². The molecule has 0 unspecified atom stereocenters. The molecule has 0 spiro atoms. The third-order valence-corrected chi connectivity index (χ3v) is 3.95. The molecule has 23 heavy (non-hydrogen) atoms. The Labute approximate surface area is 137 Å². The van der Waals surface area contributed by atoms with Crippen molar-refractivity contribution >= 4 is 0 Å². The van der Waals surface area contributed by atoms with Gasteiger partial charge >= 0.3 is 0 Å². The molecule has 0 radical (unpaired) electrons. The Morgan fingerprint density at radius 2 is 1.26 bits per heavy atom. The summed E-state index contributed by atoms with van der Waals surface area (Å²) in [6.45, 7) is 0. The first-order valence-electron chi connectivity index (χ1n) is 7.66. The van der Waals surface area contributed by atoms with E-state index in [9.17, 15) is 0 Å². The molecule has 0 atom stereocenters. The summed E-state index contributed by atoms with van der Waals surface area (Å²) < 4.78 is 11.1. The van der Waals surface area contributed by atoms with E-state index in [-0.39, 0.29) is 0 Å². The van der Waals surface area contributed by atoms with Crippen LogP contribution in [0.5, 0.6) is 11.5 Å². The monoisotopic (exact) mass is 304 g/mol. The van der Waals surface area contributed by atoms with E-state index < -0.39 is 0 Å². The molecule has 3 aromatic rings. The lowest BCUT2D eigenvalue weighted by Crippen LogP contribution is -1.97. The van der Waals surface area contributed by atoms with E-state index in [1.165, 1.54) is 11.1 Å². The van der Waals surface area contributed by atoms with Crippen molar-refractivity contribution in [3.8, 4) is 22.6 Å². The molecular formula is C21H20O2. The van der Waals surface area contributed by atoms with Crippen molar-refractivity contribution in [1.82, 2.24) is 0 Å². The molecule has 0 heterocycles. The molecule has 0 fully saturated rings. The van der Waals surface area contributed by atoms with Crippen LogP contribution in [0.4, 0.5) is 0 Å². The Morgan fingerprint density at radius 1 is 0.652 bits per heavy atom. The molecule has 2 heteroatoms. The average molecular weight is 304 g/mol. The molecule has 0 saturated heterocycles. The van der Waals surface area contributed by atoms with Gasteiger partial charge in [-0.3, -0.25) is 0 Å². The van der Waals surface area contributed by atoms with Gasteiger partial charge in [-0.1, -0.05) is 60.7 Å². The summed E-state index contributed by atoms with van der Waals surface area (Å²) in [4.78, 5) is 0. The lowest BCUT2D eigenvalue weighted by molar-refractivity contribution is 0.397. The van der Waals surface area contributed by atoms with Gasteiger partial charge in [0.2, 0.25) is 0 Å². The average Bonchev–Trinajstić information content (AvgIpc) is 2.62. The number of hydrogen-bond donors (Lipinski definition) is 0. The molecule has 116 valence electrons. The van der Waals surface area contributed by atoms with Crippen LogP contribution in [0.3, 0.4) is 0 Å². The maximum atomic E-state index is 5.57. The molecule has 0 amide bonds. The minimum absolute atomic E-state index is 0.824. The SMILES string of the molecule is COc1cccc(OC)c1-c1ccccc1Cc1ccccc1. The second-order valence-corrected chi connectivity index (χ2v) is 5.36. The first kappa shape index (κ1) is 15.2. The lowest BCUT2D eigenvalue weighted by atomic mass is 9.94. The highest BCUT2D eigenvalue weighted by molar-refractivity contribution is 5.79. The second kappa shape index (κ2) is 7.01. The van der Waals surface area contributed by atoms with Crippen LogP contribution in [0.2, 0.25) is 0 Å². The van der Waals surface area contributed by atoms with Crippen LogP contribution in [0, 0.1) is 0 Å². The molecule has 0 aliphatic rings. The van der Waals surface area contributed by atoms with Crippen LogP contribution >= 0.6 is 0 Å². The zero-order chi connectivity index (χ0) is 16.1. The van der Waals surface area contributed by atoms with Gasteiger partial charge in [0, 0.05) is 0 Å². The second-order valence-electron chi connectivity index (χ2n) is 5.36. The standard InChI is InChI=1S/C21H20O2/c1-22-19-13-8-14-20(23-2)21(19)18-12-7-6-11-17(18)15-16-9-4-3-5-10-16/h3-14H,15H2,1-2H3. The van der Waals surface area contributed by atoms with Gasteiger partial charge in [-0.2, -0.15) is 0 Å². The van der Waals surface area contributed by atoms with Crippen molar-refractivity contribution < 1.29 is 9.47 Å². The molecule has 0 saturated carbocycles. The van der Waals surface area contributed by atoms with E-state index in [1.54, 1.807) is 14.2 Å². The summed E-state index contributed by atoms with van der Waals surface area (Å²) >= 11 is 0. The molecular weight excluding hydrogens is 284 g/mol. The van der Waals surface area contributed by atoms with Crippen molar-refractivity contribution in [3.05, 3.63) is 83.9 Å². The van der Waals surface area contributed by atoms with Gasteiger partial charge in [0.05, 0.1) is 19.8 Å². The predicted molar refractivity (Wildman–Crippen MR) is 94.2 cm³/mol. The highest BCUT2D eigenvalue weighted by atomic mass is 16.5. The number of benzene rings is 3. The number of hydrogen-bond acceptors (Lipinski definition) is 2. The minimum Gasteiger partial charge on any atom is -0.496 e. The van der Waals surface area contributed by atoms with Crippen LogP contribution in [0.1, 0.15) is 11.1 Å². The fourth-order valence-corrected chi connectivity index (χ4v) is 2.85. The van der Waals surface area contributed by atoms with E-state index in [0.717, 1.165) is 29.0 Å². The van der Waals surface area contributed by atoms with E-state index in [4.69, 9.17) is 9.47 Å². The van der Waals surface area contributed by atoms with Crippen molar-refractivity contribution in [2.75, 3.05) is 14.2 Å². The van der Waals surface area contributed by atoms with Gasteiger partial charge < -0.3 is 9.47 Å². The minimum atomic E-state index is 0.824. The molecule has 0 aromatic heterocycles. The third kappa shape index (κ3) is 3.21. The van der Waals surface area contributed by atoms with E-state index >= 15 is 0 Å². The van der Waals surface area contributed by atoms with Crippen LogP contribution in [-0.4, -0.2) is 14.2 Å². The zero-order valence-electron chi connectivity index (χ0n) is 13.5. The number of methoxy groups -OCH3 is 2. The van der Waals surface area contributed by atoms with Crippen LogP contribution in [0.25, 0.3) is 11.1 Å². The van der Waals surface area contributed by atoms with E-state index in [0.29, 0.717) is 0 Å². The highest BCUT2D eigenvalue weighted by Gasteiger charge is 2.15. The van der Waals surface area contributed by atoms with Crippen molar-refractivity contribution in [2.45, 2.75) is 6.42 Å². The fourth-order valence-electron chi connectivity index (χ4n) is 2.85. The summed E-state index contributed by atoms with van der Waals surface area (Å²) in [6, 6.07) is 24.8. The molecule has 0 aliphatic carbocycles. The van der Waals surface area contributed by atoms with Crippen LogP contribution in [0.15, 0.2) is 72.8 Å². The van der Waals surface area contributed by atoms with Gasteiger partial charge in [-0.05, 0) is 35.2 Å². The summed E-state index contributed by atoms with van der Waals surface area (Å²) in [6.07, 6.45) is 0.873. The molecule has 3 rings (SSSR count). The van der Waals surface area contributed by atoms with E-state index in [2.05, 4.69) is 48.5 Å². The molecule has 0 N–H and O–H groups in total. The summed E-state index contributed by atoms with van der Waals surface area (Å²) in [5, 5.41) is 0. The summed E-state index contributed by atoms with van der Waals surface area (Å²) in [5.41, 5.74) is 4.69. The number of rotatable bonds is 5. The first-order valence-corrected chi connectivity index (χ1v) is 7.66. The first-order chi connectivity index (χ1) is 11.3. The number of ether oxygens (including phenoxy) is 2. The van der Waals surface area contributed by atoms with E-state index in [1.807, 2.05) is 24.3 Å². The topological polar surface area (TPSA) is 18.5 Å². The van der Waals surface area contributed by atoms with Gasteiger partial charge in [-0.15, -0.1) is 0 Å². The highest BCUT2D eigenvalue weighted by Crippen LogP contribution is 2.40. The Bertz CT molecular complexity index is 757. The predicted octanol–water partition coefficient (Wildman–Crippen LogP) is 4.96. The Hall–Kier alpha value is -2.74. The molecule has 3 aromatic carbocycles. The van der Waals surface area contributed by atoms with Crippen molar-refractivity contribution in [1.29, 1.82) is 0 Å². The summed E-state index contributed by atoms with van der Waals surface area (Å²) in [5.74, 6) is 1.65. The summed E-state index contributed by atoms with van der Waals surface area (Å²) in [7, 11) is 3.39. The molecule has 0 bridgehead atoms. The van der Waals surface area contributed by atoms with Crippen molar-refractivity contribution in [2.24, 2.45) is 0 Å². The largest absolute Gasteiger partial charge is 0.496 e. The van der Waals surface area contributed by atoms with Gasteiger partial charge in [0.15, 0.2) is 0 Å². The maximum absolute atomic E-state index is 5.57.